The molecule has 0 heterocycles. The van der Waals surface area contributed by atoms with E-state index in [-0.39, 0.29) is 5.91 Å². The Morgan fingerprint density at radius 3 is 2.54 bits per heavy atom. The van der Waals surface area contributed by atoms with Crippen molar-refractivity contribution in [2.24, 2.45) is 0 Å². The number of fused-ring (bicyclic) bond motifs is 1. The van der Waals surface area contributed by atoms with Crippen LogP contribution < -0.4 is 5.32 Å². The fourth-order valence-corrected chi connectivity index (χ4v) is 2.86. The monoisotopic (exact) mass is 371 g/mol. The molecule has 0 saturated heterocycles. The number of hydrogen-bond donors (Lipinski definition) is 1. The normalized spacial score (nSPS) is 10.0. The van der Waals surface area contributed by atoms with Gasteiger partial charge in [0.25, 0.3) is 0 Å². The quantitative estimate of drug-likeness (QED) is 0.399. The highest BCUT2D eigenvalue weighted by Crippen LogP contribution is 2.17. The number of amides is 1. The molecule has 0 unspecified atom stereocenters. The van der Waals surface area contributed by atoms with Crippen LogP contribution in [0.15, 0.2) is 66.7 Å². The Morgan fingerprint density at radius 2 is 1.71 bits per heavy atom. The van der Waals surface area contributed by atoms with Crippen LogP contribution in [0.2, 0.25) is 0 Å². The Kier molecular flexibility index (Phi) is 6.43. The van der Waals surface area contributed by atoms with Crippen LogP contribution in [-0.2, 0) is 9.53 Å². The second-order valence-corrected chi connectivity index (χ2v) is 6.30. The average molecular weight is 371 g/mol. The van der Waals surface area contributed by atoms with Gasteiger partial charge in [0.15, 0.2) is 0 Å². The van der Waals surface area contributed by atoms with E-state index >= 15 is 0 Å². The van der Waals surface area contributed by atoms with Crippen LogP contribution in [0.5, 0.6) is 0 Å². The van der Waals surface area contributed by atoms with Gasteiger partial charge in [-0.2, -0.15) is 0 Å². The first kappa shape index (κ1) is 19.2. The van der Waals surface area contributed by atoms with Gasteiger partial charge in [-0.1, -0.05) is 54.3 Å². The maximum atomic E-state index is 12.1. The summed E-state index contributed by atoms with van der Waals surface area (Å²) in [5.74, 6) is 5.65. The predicted molar refractivity (Wildman–Crippen MR) is 111 cm³/mol. The number of carbonyl (C=O) groups is 2. The Hall–Kier alpha value is -3.58. The highest BCUT2D eigenvalue weighted by molar-refractivity contribution is 6.01. The van der Waals surface area contributed by atoms with Crippen molar-refractivity contribution in [2.45, 2.75) is 19.3 Å². The summed E-state index contributed by atoms with van der Waals surface area (Å²) in [6.07, 6.45) is 1.60. The van der Waals surface area contributed by atoms with Crippen LogP contribution in [0, 0.1) is 11.8 Å². The van der Waals surface area contributed by atoms with Crippen molar-refractivity contribution in [3.05, 3.63) is 77.9 Å². The third kappa shape index (κ3) is 4.99. The highest BCUT2D eigenvalue weighted by atomic mass is 16.5. The maximum absolute atomic E-state index is 12.1. The number of para-hydroxylation sites is 1. The standard InChI is InChI=1S/C24H21NO3/c1-28-24(27)21-12-7-8-13-22(21)25-23(26)14-4-2-3-9-18-15-16-19-10-5-6-11-20(19)17-18/h5-8,10-13,15-17H,2,4,14H2,1H3,(H,25,26). The van der Waals surface area contributed by atoms with Gasteiger partial charge in [0, 0.05) is 18.4 Å². The lowest BCUT2D eigenvalue weighted by atomic mass is 10.1. The molecule has 0 fully saturated rings. The van der Waals surface area contributed by atoms with E-state index in [2.05, 4.69) is 41.4 Å². The molecule has 0 aromatic heterocycles. The molecule has 28 heavy (non-hydrogen) atoms. The number of ether oxygens (including phenoxy) is 1. The zero-order chi connectivity index (χ0) is 19.8. The second kappa shape index (κ2) is 9.38. The number of nitrogens with one attached hydrogen (secondary N) is 1. The molecule has 0 aliphatic carbocycles. The summed E-state index contributed by atoms with van der Waals surface area (Å²) < 4.78 is 4.73. The topological polar surface area (TPSA) is 55.4 Å². The zero-order valence-corrected chi connectivity index (χ0v) is 15.7. The minimum atomic E-state index is -0.475. The molecule has 1 N–H and O–H groups in total. The highest BCUT2D eigenvalue weighted by Gasteiger charge is 2.12. The van der Waals surface area contributed by atoms with Gasteiger partial charge in [0.2, 0.25) is 5.91 Å². The molecule has 1 amide bonds. The van der Waals surface area contributed by atoms with Crippen molar-refractivity contribution in [1.29, 1.82) is 0 Å². The van der Waals surface area contributed by atoms with Crippen molar-refractivity contribution in [1.82, 2.24) is 0 Å². The van der Waals surface area contributed by atoms with Gasteiger partial charge in [0.1, 0.15) is 0 Å². The molecular formula is C24H21NO3. The fourth-order valence-electron chi connectivity index (χ4n) is 2.86. The van der Waals surface area contributed by atoms with Crippen LogP contribution >= 0.6 is 0 Å². The second-order valence-electron chi connectivity index (χ2n) is 6.30. The molecule has 0 saturated carbocycles. The molecule has 0 bridgehead atoms. The lowest BCUT2D eigenvalue weighted by molar-refractivity contribution is -0.116. The predicted octanol–water partition coefficient (Wildman–Crippen LogP) is 4.79. The number of carbonyl (C=O) groups excluding carboxylic acids is 2. The Labute approximate surface area is 164 Å². The molecule has 4 heteroatoms. The Bertz CT molecular complexity index is 1060. The lowest BCUT2D eigenvalue weighted by Crippen LogP contribution is -2.14. The van der Waals surface area contributed by atoms with E-state index in [1.54, 1.807) is 24.3 Å². The van der Waals surface area contributed by atoms with Crippen LogP contribution in [0.3, 0.4) is 0 Å². The molecular weight excluding hydrogens is 350 g/mol. The van der Waals surface area contributed by atoms with Crippen molar-refractivity contribution in [3.63, 3.8) is 0 Å². The molecule has 3 aromatic carbocycles. The molecule has 0 spiro atoms. The third-order valence-electron chi connectivity index (χ3n) is 4.29. The number of benzene rings is 3. The van der Waals surface area contributed by atoms with Gasteiger partial charge in [0.05, 0.1) is 18.4 Å². The van der Waals surface area contributed by atoms with Gasteiger partial charge >= 0.3 is 5.97 Å². The number of hydrogen-bond acceptors (Lipinski definition) is 3. The van der Waals surface area contributed by atoms with E-state index < -0.39 is 5.97 Å². The summed E-state index contributed by atoms with van der Waals surface area (Å²) in [7, 11) is 1.31. The van der Waals surface area contributed by atoms with E-state index in [9.17, 15) is 9.59 Å². The Morgan fingerprint density at radius 1 is 0.964 bits per heavy atom. The smallest absolute Gasteiger partial charge is 0.339 e. The van der Waals surface area contributed by atoms with Crippen molar-refractivity contribution < 1.29 is 14.3 Å². The Balaban J connectivity index is 1.51. The molecule has 0 aliphatic rings. The SMILES string of the molecule is COC(=O)c1ccccc1NC(=O)CCCC#Cc1ccc2ccccc2c1. The summed E-state index contributed by atoms with van der Waals surface area (Å²) >= 11 is 0. The lowest BCUT2D eigenvalue weighted by Gasteiger charge is -2.09. The third-order valence-corrected chi connectivity index (χ3v) is 4.29. The average Bonchev–Trinajstić information content (AvgIpc) is 2.73. The largest absolute Gasteiger partial charge is 0.465 e. The van der Waals surface area contributed by atoms with Gasteiger partial charge in [-0.15, -0.1) is 0 Å². The maximum Gasteiger partial charge on any atom is 0.339 e. The van der Waals surface area contributed by atoms with Crippen LogP contribution in [0.1, 0.15) is 35.2 Å². The number of esters is 1. The molecule has 0 aliphatic heterocycles. The first-order valence-electron chi connectivity index (χ1n) is 9.12. The van der Waals surface area contributed by atoms with Crippen LogP contribution in [-0.4, -0.2) is 19.0 Å². The number of rotatable bonds is 5. The van der Waals surface area contributed by atoms with Gasteiger partial charge < -0.3 is 10.1 Å². The number of methoxy groups -OCH3 is 1. The fraction of sp³-hybridized carbons (Fsp3) is 0.167. The van der Waals surface area contributed by atoms with E-state index in [1.165, 1.54) is 12.5 Å². The van der Waals surface area contributed by atoms with Gasteiger partial charge in [-0.3, -0.25) is 4.79 Å². The molecule has 0 radical (unpaired) electrons. The molecule has 4 nitrogen and oxygen atoms in total. The number of unbranched alkanes of at least 4 members (excludes halogenated alkanes) is 1. The van der Waals surface area contributed by atoms with Gasteiger partial charge in [-0.05, 0) is 41.5 Å². The van der Waals surface area contributed by atoms with Gasteiger partial charge in [-0.25, -0.2) is 4.79 Å². The summed E-state index contributed by atoms with van der Waals surface area (Å²) in [6, 6.07) is 21.1. The summed E-state index contributed by atoms with van der Waals surface area (Å²) in [4.78, 5) is 23.9. The van der Waals surface area contributed by atoms with Crippen molar-refractivity contribution >= 4 is 28.3 Å². The molecule has 3 aromatic rings. The molecule has 140 valence electrons. The van der Waals surface area contributed by atoms with Crippen molar-refractivity contribution in [3.8, 4) is 11.8 Å². The van der Waals surface area contributed by atoms with E-state index in [0.29, 0.717) is 30.5 Å². The van der Waals surface area contributed by atoms with Crippen LogP contribution in [0.4, 0.5) is 5.69 Å². The first-order valence-corrected chi connectivity index (χ1v) is 9.12. The first-order chi connectivity index (χ1) is 13.7. The van der Waals surface area contributed by atoms with Crippen molar-refractivity contribution in [2.75, 3.05) is 12.4 Å². The van der Waals surface area contributed by atoms with Crippen LogP contribution in [0.25, 0.3) is 10.8 Å². The van der Waals surface area contributed by atoms with E-state index in [4.69, 9.17) is 4.74 Å². The summed E-state index contributed by atoms with van der Waals surface area (Å²) in [6.45, 7) is 0. The minimum Gasteiger partial charge on any atom is -0.465 e. The summed E-state index contributed by atoms with van der Waals surface area (Å²) in [5, 5.41) is 5.12. The zero-order valence-electron chi connectivity index (χ0n) is 15.7. The molecule has 3 rings (SSSR count). The summed E-state index contributed by atoms with van der Waals surface area (Å²) in [5.41, 5.74) is 1.77. The van der Waals surface area contributed by atoms with E-state index in [0.717, 1.165) is 10.9 Å². The minimum absolute atomic E-state index is 0.149. The molecule has 0 atom stereocenters. The van der Waals surface area contributed by atoms with E-state index in [1.807, 2.05) is 18.2 Å². The number of anilines is 1.